The van der Waals surface area contributed by atoms with Gasteiger partial charge in [0.15, 0.2) is 0 Å². The zero-order valence-electron chi connectivity index (χ0n) is 12.8. The van der Waals surface area contributed by atoms with Gasteiger partial charge in [0.25, 0.3) is 0 Å². The van der Waals surface area contributed by atoms with Gasteiger partial charge in [0.1, 0.15) is 0 Å². The zero-order valence-corrected chi connectivity index (χ0v) is 12.8. The summed E-state index contributed by atoms with van der Waals surface area (Å²) in [6.07, 6.45) is 2.59. The van der Waals surface area contributed by atoms with Crippen LogP contribution in [0.3, 0.4) is 0 Å². The molecular weight excluding hydrogens is 248 g/mol. The maximum Gasteiger partial charge on any atom is 0.0540 e. The Morgan fingerprint density at radius 1 is 1.30 bits per heavy atom. The first-order valence-corrected chi connectivity index (χ1v) is 7.78. The number of benzene rings is 1. The lowest BCUT2D eigenvalue weighted by Gasteiger charge is -2.37. The highest BCUT2D eigenvalue weighted by atomic mass is 16.3. The number of aliphatic hydroxyl groups is 1. The van der Waals surface area contributed by atoms with Gasteiger partial charge in [0.05, 0.1) is 6.10 Å². The Balaban J connectivity index is 1.92. The molecule has 1 saturated heterocycles. The topological polar surface area (TPSA) is 49.5 Å². The second-order valence-corrected chi connectivity index (χ2v) is 6.34. The van der Waals surface area contributed by atoms with Crippen molar-refractivity contribution in [3.8, 4) is 0 Å². The third-order valence-electron chi connectivity index (χ3n) is 4.25. The number of hydrogen-bond acceptors (Lipinski definition) is 3. The van der Waals surface area contributed by atoms with E-state index in [0.29, 0.717) is 5.92 Å². The van der Waals surface area contributed by atoms with Crippen molar-refractivity contribution in [1.82, 2.24) is 4.90 Å². The number of nitrogens with zero attached hydrogens (tertiary/aromatic N) is 1. The van der Waals surface area contributed by atoms with Gasteiger partial charge in [-0.05, 0) is 37.7 Å². The second-order valence-electron chi connectivity index (χ2n) is 6.34. The van der Waals surface area contributed by atoms with Gasteiger partial charge in [0.2, 0.25) is 0 Å². The van der Waals surface area contributed by atoms with Crippen molar-refractivity contribution in [3.05, 3.63) is 35.4 Å². The molecule has 1 aliphatic rings. The average molecular weight is 276 g/mol. The zero-order chi connectivity index (χ0) is 14.5. The van der Waals surface area contributed by atoms with E-state index in [1.165, 1.54) is 11.1 Å². The van der Waals surface area contributed by atoms with Gasteiger partial charge in [-0.1, -0.05) is 36.8 Å². The summed E-state index contributed by atoms with van der Waals surface area (Å²) >= 11 is 0. The minimum atomic E-state index is -0.175. The number of rotatable bonds is 5. The van der Waals surface area contributed by atoms with E-state index in [1.807, 2.05) is 6.92 Å². The van der Waals surface area contributed by atoms with E-state index in [0.717, 1.165) is 38.9 Å². The van der Waals surface area contributed by atoms with Crippen LogP contribution in [0.2, 0.25) is 0 Å². The molecule has 0 bridgehead atoms. The van der Waals surface area contributed by atoms with Crippen LogP contribution in [0.5, 0.6) is 0 Å². The van der Waals surface area contributed by atoms with Crippen LogP contribution in [0.4, 0.5) is 0 Å². The van der Waals surface area contributed by atoms with E-state index in [9.17, 15) is 5.11 Å². The van der Waals surface area contributed by atoms with Crippen molar-refractivity contribution in [2.75, 3.05) is 13.1 Å². The largest absolute Gasteiger partial charge is 0.393 e. The minimum Gasteiger partial charge on any atom is -0.393 e. The number of aryl methyl sites for hydroxylation is 1. The summed E-state index contributed by atoms with van der Waals surface area (Å²) in [5, 5.41) is 9.84. The summed E-state index contributed by atoms with van der Waals surface area (Å²) in [6.45, 7) is 7.14. The van der Waals surface area contributed by atoms with E-state index in [1.54, 1.807) is 0 Å². The maximum atomic E-state index is 9.84. The fraction of sp³-hybridized carbons (Fsp3) is 0.647. The van der Waals surface area contributed by atoms with Crippen LogP contribution < -0.4 is 5.73 Å². The molecule has 1 aromatic rings. The Kier molecular flexibility index (Phi) is 5.58. The predicted molar refractivity (Wildman–Crippen MR) is 83.5 cm³/mol. The Bertz CT molecular complexity index is 404. The minimum absolute atomic E-state index is 0.175. The second kappa shape index (κ2) is 7.21. The molecule has 0 aromatic heterocycles. The molecule has 1 aliphatic heterocycles. The molecule has 2 rings (SSSR count). The molecule has 0 radical (unpaired) electrons. The van der Waals surface area contributed by atoms with Crippen LogP contribution >= 0.6 is 0 Å². The predicted octanol–water partition coefficient (Wildman–Crippen LogP) is 2.31. The lowest BCUT2D eigenvalue weighted by atomic mass is 9.89. The van der Waals surface area contributed by atoms with Crippen LogP contribution in [-0.2, 0) is 6.54 Å². The molecule has 0 amide bonds. The maximum absolute atomic E-state index is 9.84. The van der Waals surface area contributed by atoms with Gasteiger partial charge < -0.3 is 10.8 Å². The van der Waals surface area contributed by atoms with Crippen LogP contribution in [0.15, 0.2) is 24.3 Å². The number of aliphatic hydroxyl groups excluding tert-OH is 1. The van der Waals surface area contributed by atoms with E-state index in [2.05, 4.69) is 36.1 Å². The van der Waals surface area contributed by atoms with E-state index in [-0.39, 0.29) is 12.1 Å². The Morgan fingerprint density at radius 2 is 2.00 bits per heavy atom. The number of nitrogens with two attached hydrogens (primary N) is 1. The highest BCUT2D eigenvalue weighted by Gasteiger charge is 2.26. The van der Waals surface area contributed by atoms with Crippen LogP contribution in [0.1, 0.15) is 37.3 Å². The summed E-state index contributed by atoms with van der Waals surface area (Å²) in [6, 6.07) is 8.97. The van der Waals surface area contributed by atoms with Crippen molar-refractivity contribution in [1.29, 1.82) is 0 Å². The smallest absolute Gasteiger partial charge is 0.0540 e. The highest BCUT2D eigenvalue weighted by molar-refractivity contribution is 5.21. The molecule has 0 saturated carbocycles. The average Bonchev–Trinajstić information content (AvgIpc) is 2.40. The molecule has 3 nitrogen and oxygen atoms in total. The third kappa shape index (κ3) is 4.58. The molecule has 3 heteroatoms. The molecule has 112 valence electrons. The first-order chi connectivity index (χ1) is 9.56. The van der Waals surface area contributed by atoms with Crippen molar-refractivity contribution >= 4 is 0 Å². The molecular formula is C17H28N2O. The lowest BCUT2D eigenvalue weighted by Crippen LogP contribution is -2.47. The van der Waals surface area contributed by atoms with Gasteiger partial charge in [-0.2, -0.15) is 0 Å². The Morgan fingerprint density at radius 3 is 2.65 bits per heavy atom. The van der Waals surface area contributed by atoms with Gasteiger partial charge in [0, 0.05) is 25.7 Å². The van der Waals surface area contributed by atoms with Crippen LogP contribution in [-0.4, -0.2) is 35.2 Å². The molecule has 20 heavy (non-hydrogen) atoms. The van der Waals surface area contributed by atoms with Crippen LogP contribution in [0, 0.1) is 12.8 Å². The molecule has 3 unspecified atom stereocenters. The highest BCUT2D eigenvalue weighted by Crippen LogP contribution is 2.23. The van der Waals surface area contributed by atoms with Gasteiger partial charge in [-0.15, -0.1) is 0 Å². The molecule has 0 aliphatic carbocycles. The van der Waals surface area contributed by atoms with E-state index in [4.69, 9.17) is 5.73 Å². The Hall–Kier alpha value is -0.900. The molecule has 1 heterocycles. The summed E-state index contributed by atoms with van der Waals surface area (Å²) < 4.78 is 0. The van der Waals surface area contributed by atoms with Crippen molar-refractivity contribution in [3.63, 3.8) is 0 Å². The molecule has 1 aromatic carbocycles. The lowest BCUT2D eigenvalue weighted by molar-refractivity contribution is 0.0876. The van der Waals surface area contributed by atoms with Crippen LogP contribution in [0.25, 0.3) is 0 Å². The normalized spacial score (nSPS) is 25.6. The summed E-state index contributed by atoms with van der Waals surface area (Å²) in [5.41, 5.74) is 8.83. The van der Waals surface area contributed by atoms with Gasteiger partial charge in [-0.25, -0.2) is 0 Å². The molecule has 0 spiro atoms. The SMILES string of the molecule is CCC(O)CC1CC(N)CN(Cc2ccc(C)cc2)C1. The van der Waals surface area contributed by atoms with Crippen molar-refractivity contribution in [2.45, 2.75) is 51.8 Å². The summed E-state index contributed by atoms with van der Waals surface area (Å²) in [7, 11) is 0. The molecule has 1 fully saturated rings. The number of likely N-dealkylation sites (tertiary alicyclic amines) is 1. The monoisotopic (exact) mass is 276 g/mol. The van der Waals surface area contributed by atoms with Gasteiger partial charge in [-0.3, -0.25) is 4.90 Å². The molecule has 3 atom stereocenters. The first kappa shape index (κ1) is 15.5. The summed E-state index contributed by atoms with van der Waals surface area (Å²) in [5.74, 6) is 0.527. The fourth-order valence-corrected chi connectivity index (χ4v) is 3.15. The quantitative estimate of drug-likeness (QED) is 0.867. The number of hydrogen-bond donors (Lipinski definition) is 2. The van der Waals surface area contributed by atoms with E-state index >= 15 is 0 Å². The standard InChI is InChI=1S/C17H28N2O/c1-3-17(20)9-15-8-16(18)12-19(11-15)10-14-6-4-13(2)5-7-14/h4-7,15-17,20H,3,8-12,18H2,1-2H3. The van der Waals surface area contributed by atoms with Crippen molar-refractivity contribution < 1.29 is 5.11 Å². The summed E-state index contributed by atoms with van der Waals surface area (Å²) in [4.78, 5) is 2.44. The van der Waals surface area contributed by atoms with Crippen molar-refractivity contribution in [2.24, 2.45) is 11.7 Å². The fourth-order valence-electron chi connectivity index (χ4n) is 3.15. The first-order valence-electron chi connectivity index (χ1n) is 7.78. The van der Waals surface area contributed by atoms with Gasteiger partial charge >= 0.3 is 0 Å². The van der Waals surface area contributed by atoms with E-state index < -0.39 is 0 Å². The molecule has 3 N–H and O–H groups in total. The number of piperidine rings is 1. The third-order valence-corrected chi connectivity index (χ3v) is 4.25. The Labute approximate surface area is 122 Å².